The maximum atomic E-state index is 11.2. The number of nitrogens with zero attached hydrogens (tertiary/aromatic N) is 2. The molecule has 1 aromatic heterocycles. The smallest absolute Gasteiger partial charge is 0.544 e. The van der Waals surface area contributed by atoms with Gasteiger partial charge in [0.15, 0.2) is 5.75 Å². The fourth-order valence-electron chi connectivity index (χ4n) is 2.14. The third kappa shape index (κ3) is 3.41. The Bertz CT molecular complexity index is 689. The van der Waals surface area contributed by atoms with Gasteiger partial charge in [0.25, 0.3) is 0 Å². The molecule has 1 saturated carbocycles. The van der Waals surface area contributed by atoms with E-state index >= 15 is 0 Å². The van der Waals surface area contributed by atoms with Crippen LogP contribution in [-0.2, 0) is 0 Å². The third-order valence-electron chi connectivity index (χ3n) is 3.32. The summed E-state index contributed by atoms with van der Waals surface area (Å²) in [5, 5.41) is 18.5. The van der Waals surface area contributed by atoms with Crippen LogP contribution in [0.3, 0.4) is 0 Å². The van der Waals surface area contributed by atoms with Crippen molar-refractivity contribution in [1.29, 1.82) is 0 Å². The van der Waals surface area contributed by atoms with Crippen molar-refractivity contribution in [3.8, 4) is 17.4 Å². The van der Waals surface area contributed by atoms with E-state index in [4.69, 9.17) is 9.47 Å². The van der Waals surface area contributed by atoms with Crippen LogP contribution in [0.5, 0.6) is 17.4 Å². The second-order valence-corrected chi connectivity index (χ2v) is 4.83. The summed E-state index contributed by atoms with van der Waals surface area (Å²) in [6.45, 7) is 0. The number of carbonyl (C=O) groups is 1. The molecule has 0 bridgehead atoms. The molecule has 7 heteroatoms. The van der Waals surface area contributed by atoms with Crippen molar-refractivity contribution in [2.75, 3.05) is 7.11 Å². The normalized spacial score (nSPS) is 13.1. The van der Waals surface area contributed by atoms with Gasteiger partial charge in [-0.2, -0.15) is 5.10 Å². The molecule has 1 aliphatic carbocycles. The van der Waals surface area contributed by atoms with Crippen LogP contribution in [0, 0.1) is 0 Å². The van der Waals surface area contributed by atoms with E-state index in [0.29, 0.717) is 11.7 Å². The summed E-state index contributed by atoms with van der Waals surface area (Å²) in [7, 11) is 1.31. The van der Waals surface area contributed by atoms with Crippen LogP contribution >= 0.6 is 0 Å². The Hall–Kier alpha value is -2.03. The average Bonchev–Trinajstić information content (AvgIpc) is 3.31. The van der Waals surface area contributed by atoms with E-state index < -0.39 is 5.97 Å². The minimum Gasteiger partial charge on any atom is -0.544 e. The van der Waals surface area contributed by atoms with E-state index in [1.807, 2.05) is 18.2 Å². The molecule has 6 nitrogen and oxygen atoms in total. The van der Waals surface area contributed by atoms with Gasteiger partial charge in [0, 0.05) is 0 Å². The van der Waals surface area contributed by atoms with Crippen molar-refractivity contribution in [2.24, 2.45) is 0 Å². The zero-order chi connectivity index (χ0) is 14.8. The minimum atomic E-state index is -1.42. The molecule has 1 heterocycles. The van der Waals surface area contributed by atoms with E-state index in [1.54, 1.807) is 6.07 Å². The first-order valence-electron chi connectivity index (χ1n) is 6.58. The summed E-state index contributed by atoms with van der Waals surface area (Å²) >= 11 is 0. The van der Waals surface area contributed by atoms with E-state index in [0.717, 1.165) is 0 Å². The number of benzene rings is 1. The van der Waals surface area contributed by atoms with Crippen LogP contribution in [0.1, 0.15) is 34.7 Å². The van der Waals surface area contributed by atoms with Crippen LogP contribution < -0.4 is 33.4 Å². The van der Waals surface area contributed by atoms with Crippen molar-refractivity contribution < 1.29 is 38.2 Å². The number of aromatic carboxylic acids is 1. The molecular formula is C15H13LiN2O4. The third-order valence-corrected chi connectivity index (χ3v) is 3.32. The van der Waals surface area contributed by atoms with E-state index in [9.17, 15) is 9.90 Å². The van der Waals surface area contributed by atoms with E-state index in [1.165, 1.54) is 31.7 Å². The summed E-state index contributed by atoms with van der Waals surface area (Å²) in [5.41, 5.74) is 0.945. The Morgan fingerprint density at radius 1 is 1.36 bits per heavy atom. The summed E-state index contributed by atoms with van der Waals surface area (Å²) < 4.78 is 10.5. The molecule has 1 fully saturated rings. The van der Waals surface area contributed by atoms with Gasteiger partial charge in [-0.15, -0.1) is 5.10 Å². The number of hydrogen-bond acceptors (Lipinski definition) is 6. The predicted molar refractivity (Wildman–Crippen MR) is 71.4 cm³/mol. The molecule has 108 valence electrons. The van der Waals surface area contributed by atoms with Crippen LogP contribution in [0.25, 0.3) is 0 Å². The molecule has 0 atom stereocenters. The zero-order valence-electron chi connectivity index (χ0n) is 12.4. The molecule has 22 heavy (non-hydrogen) atoms. The standard InChI is InChI=1S/C15H14N2O4.Li/c1-20-14-13(15(18)19)12(8-16-17-14)21-11-4-2-3-10(7-11)9-5-6-9;/h2-4,7-9H,5-6H2,1H3,(H,18,19);/q;+1/p-1. The number of aromatic nitrogens is 2. The Labute approximate surface area is 139 Å². The Morgan fingerprint density at radius 3 is 2.77 bits per heavy atom. The number of ether oxygens (including phenoxy) is 2. The quantitative estimate of drug-likeness (QED) is 0.625. The first-order valence-corrected chi connectivity index (χ1v) is 6.58. The first-order chi connectivity index (χ1) is 10.2. The van der Waals surface area contributed by atoms with E-state index in [2.05, 4.69) is 10.2 Å². The summed E-state index contributed by atoms with van der Waals surface area (Å²) in [6.07, 6.45) is 3.59. The number of carboxylic acid groups (broad SMARTS) is 1. The molecule has 0 radical (unpaired) electrons. The fourth-order valence-corrected chi connectivity index (χ4v) is 2.14. The van der Waals surface area contributed by atoms with Gasteiger partial charge >= 0.3 is 18.9 Å². The number of rotatable bonds is 5. The van der Waals surface area contributed by atoms with Crippen molar-refractivity contribution in [3.63, 3.8) is 0 Å². The summed E-state index contributed by atoms with van der Waals surface area (Å²) in [5.74, 6) is -0.369. The molecule has 1 aromatic carbocycles. The van der Waals surface area contributed by atoms with Gasteiger partial charge in [-0.05, 0) is 36.5 Å². The molecule has 1 aliphatic rings. The van der Waals surface area contributed by atoms with Gasteiger partial charge in [-0.3, -0.25) is 0 Å². The fraction of sp³-hybridized carbons (Fsp3) is 0.267. The molecule has 3 rings (SSSR count). The number of methoxy groups -OCH3 is 1. The van der Waals surface area contributed by atoms with Gasteiger partial charge < -0.3 is 19.4 Å². The molecule has 0 aliphatic heterocycles. The van der Waals surface area contributed by atoms with Gasteiger partial charge in [0.2, 0.25) is 5.88 Å². The van der Waals surface area contributed by atoms with E-state index in [-0.39, 0.29) is 36.1 Å². The molecule has 0 saturated heterocycles. The summed E-state index contributed by atoms with van der Waals surface area (Å²) in [4.78, 5) is 11.2. The summed E-state index contributed by atoms with van der Waals surface area (Å²) in [6, 6.07) is 7.59. The van der Waals surface area contributed by atoms with Gasteiger partial charge in [0.05, 0.1) is 19.3 Å². The number of carboxylic acids is 1. The molecule has 0 spiro atoms. The topological polar surface area (TPSA) is 84.4 Å². The average molecular weight is 292 g/mol. The monoisotopic (exact) mass is 292 g/mol. The largest absolute Gasteiger partial charge is 1.00 e. The van der Waals surface area contributed by atoms with Gasteiger partial charge in [-0.25, -0.2) is 0 Å². The Kier molecular flexibility index (Phi) is 5.06. The van der Waals surface area contributed by atoms with Gasteiger partial charge in [-0.1, -0.05) is 12.1 Å². The SMILES string of the molecule is COc1nncc(Oc2cccc(C3CC3)c2)c1C(=O)[O-].[Li+]. The van der Waals surface area contributed by atoms with Crippen molar-refractivity contribution in [2.45, 2.75) is 18.8 Å². The second-order valence-electron chi connectivity index (χ2n) is 4.83. The first kappa shape index (κ1) is 16.3. The van der Waals surface area contributed by atoms with Gasteiger partial charge in [0.1, 0.15) is 11.3 Å². The number of hydrogen-bond donors (Lipinski definition) is 0. The van der Waals surface area contributed by atoms with Crippen LogP contribution in [-0.4, -0.2) is 23.3 Å². The Morgan fingerprint density at radius 2 is 2.14 bits per heavy atom. The van der Waals surface area contributed by atoms with Crippen LogP contribution in [0.2, 0.25) is 0 Å². The minimum absolute atomic E-state index is 0. The maximum absolute atomic E-state index is 11.2. The Balaban J connectivity index is 0.00000176. The number of carbonyl (C=O) groups excluding carboxylic acids is 1. The molecule has 2 aromatic rings. The van der Waals surface area contributed by atoms with Crippen molar-refractivity contribution >= 4 is 5.97 Å². The zero-order valence-corrected chi connectivity index (χ0v) is 12.4. The molecule has 0 amide bonds. The second kappa shape index (κ2) is 6.82. The predicted octanol–water partition coefficient (Wildman–Crippen LogP) is -1.48. The molecule has 0 unspecified atom stereocenters. The molecular weight excluding hydrogens is 279 g/mol. The van der Waals surface area contributed by atoms with Crippen LogP contribution in [0.15, 0.2) is 30.5 Å². The van der Waals surface area contributed by atoms with Crippen molar-refractivity contribution in [1.82, 2.24) is 10.2 Å². The van der Waals surface area contributed by atoms with Crippen LogP contribution in [0.4, 0.5) is 0 Å². The molecule has 0 N–H and O–H groups in total. The maximum Gasteiger partial charge on any atom is 1.00 e. The van der Waals surface area contributed by atoms with Crippen molar-refractivity contribution in [3.05, 3.63) is 41.6 Å².